The molecule has 0 aliphatic carbocycles. The molecule has 0 saturated heterocycles. The van der Waals surface area contributed by atoms with Crippen molar-refractivity contribution in [2.75, 3.05) is 17.7 Å². The highest BCUT2D eigenvalue weighted by Gasteiger charge is 2.05. The van der Waals surface area contributed by atoms with Crippen LogP contribution >= 0.6 is 0 Å². The zero-order valence-corrected chi connectivity index (χ0v) is 12.6. The van der Waals surface area contributed by atoms with Crippen molar-refractivity contribution < 1.29 is 0 Å². The van der Waals surface area contributed by atoms with Crippen molar-refractivity contribution in [1.82, 2.24) is 9.97 Å². The molecule has 2 aromatic rings. The summed E-state index contributed by atoms with van der Waals surface area (Å²) in [6.07, 6.45) is 1.57. The maximum absolute atomic E-state index is 4.29. The number of nitrogens with zero attached hydrogens (tertiary/aromatic N) is 2. The molecule has 0 amide bonds. The van der Waals surface area contributed by atoms with E-state index in [1.165, 1.54) is 11.1 Å². The maximum Gasteiger partial charge on any atom is 0.134 e. The highest BCUT2D eigenvalue weighted by atomic mass is 15.1. The molecule has 106 valence electrons. The minimum absolute atomic E-state index is 0.569. The third kappa shape index (κ3) is 3.26. The van der Waals surface area contributed by atoms with Crippen LogP contribution in [0.3, 0.4) is 0 Å². The molecule has 0 aliphatic heterocycles. The van der Waals surface area contributed by atoms with Gasteiger partial charge in [0.15, 0.2) is 0 Å². The van der Waals surface area contributed by atoms with E-state index >= 15 is 0 Å². The number of hydrogen-bond acceptors (Lipinski definition) is 4. The summed E-state index contributed by atoms with van der Waals surface area (Å²) in [6.45, 7) is 7.18. The Hall–Kier alpha value is -2.10. The average Bonchev–Trinajstić information content (AvgIpc) is 2.46. The Morgan fingerprint density at radius 2 is 1.70 bits per heavy atom. The summed E-state index contributed by atoms with van der Waals surface area (Å²) in [6, 6.07) is 8.71. The van der Waals surface area contributed by atoms with E-state index in [0.29, 0.717) is 5.92 Å². The number of rotatable bonds is 5. The molecule has 0 fully saturated rings. The molecule has 1 heterocycles. The molecule has 4 nitrogen and oxygen atoms in total. The second-order valence-corrected chi connectivity index (χ2v) is 5.20. The quantitative estimate of drug-likeness (QED) is 0.872. The molecule has 2 N–H and O–H groups in total. The first-order valence-corrected chi connectivity index (χ1v) is 6.94. The van der Waals surface area contributed by atoms with Crippen LogP contribution in [0.4, 0.5) is 11.6 Å². The van der Waals surface area contributed by atoms with Crippen molar-refractivity contribution in [2.24, 2.45) is 0 Å². The summed E-state index contributed by atoms with van der Waals surface area (Å²) in [5.41, 5.74) is 3.65. The Morgan fingerprint density at radius 3 is 2.30 bits per heavy atom. The van der Waals surface area contributed by atoms with Gasteiger partial charge in [0.25, 0.3) is 0 Å². The van der Waals surface area contributed by atoms with E-state index in [2.05, 4.69) is 58.7 Å². The molecule has 0 unspecified atom stereocenters. The van der Waals surface area contributed by atoms with Gasteiger partial charge in [-0.05, 0) is 24.0 Å². The number of hydrogen-bond donors (Lipinski definition) is 2. The van der Waals surface area contributed by atoms with E-state index in [1.54, 1.807) is 6.33 Å². The van der Waals surface area contributed by atoms with Gasteiger partial charge < -0.3 is 10.6 Å². The average molecular weight is 270 g/mol. The molecular formula is C16H22N4. The number of aromatic nitrogens is 2. The highest BCUT2D eigenvalue weighted by Crippen LogP contribution is 2.19. The molecule has 0 saturated carbocycles. The Labute approximate surface area is 120 Å². The van der Waals surface area contributed by atoms with E-state index in [0.717, 1.165) is 23.7 Å². The normalized spacial score (nSPS) is 10.7. The molecule has 1 aromatic carbocycles. The highest BCUT2D eigenvalue weighted by molar-refractivity contribution is 5.56. The van der Waals surface area contributed by atoms with E-state index in [4.69, 9.17) is 0 Å². The van der Waals surface area contributed by atoms with Crippen molar-refractivity contribution in [3.8, 4) is 0 Å². The molecule has 0 bridgehead atoms. The van der Waals surface area contributed by atoms with E-state index < -0.39 is 0 Å². The minimum Gasteiger partial charge on any atom is -0.373 e. The zero-order chi connectivity index (χ0) is 14.5. The maximum atomic E-state index is 4.29. The van der Waals surface area contributed by atoms with Crippen LogP contribution in [0.1, 0.15) is 36.5 Å². The number of anilines is 2. The lowest BCUT2D eigenvalue weighted by molar-refractivity contribution is 0.865. The standard InChI is InChI=1S/C16H22N4/c1-11(2)14-7-5-13(6-8-14)9-18-16-12(3)15(17-4)19-10-20-16/h5-8,10-11H,9H2,1-4H3,(H2,17,18,19,20). The van der Waals surface area contributed by atoms with Crippen LogP contribution in [0.25, 0.3) is 0 Å². The molecule has 20 heavy (non-hydrogen) atoms. The predicted octanol–water partition coefficient (Wildman–Crippen LogP) is 3.56. The van der Waals surface area contributed by atoms with Gasteiger partial charge in [-0.2, -0.15) is 0 Å². The van der Waals surface area contributed by atoms with Crippen LogP contribution in [0.15, 0.2) is 30.6 Å². The van der Waals surface area contributed by atoms with Gasteiger partial charge in [0.05, 0.1) is 0 Å². The largest absolute Gasteiger partial charge is 0.373 e. The van der Waals surface area contributed by atoms with Crippen molar-refractivity contribution in [3.63, 3.8) is 0 Å². The van der Waals surface area contributed by atoms with Gasteiger partial charge in [0.1, 0.15) is 18.0 Å². The van der Waals surface area contributed by atoms with Gasteiger partial charge in [0.2, 0.25) is 0 Å². The Kier molecular flexibility index (Phi) is 4.56. The summed E-state index contributed by atoms with van der Waals surface area (Å²) >= 11 is 0. The zero-order valence-electron chi connectivity index (χ0n) is 12.6. The first-order valence-electron chi connectivity index (χ1n) is 6.94. The van der Waals surface area contributed by atoms with Crippen molar-refractivity contribution in [1.29, 1.82) is 0 Å². The minimum atomic E-state index is 0.569. The topological polar surface area (TPSA) is 49.8 Å². The van der Waals surface area contributed by atoms with Crippen LogP contribution in [0.2, 0.25) is 0 Å². The number of benzene rings is 1. The lowest BCUT2D eigenvalue weighted by atomic mass is 10.0. The van der Waals surface area contributed by atoms with Gasteiger partial charge in [-0.25, -0.2) is 9.97 Å². The van der Waals surface area contributed by atoms with Crippen molar-refractivity contribution >= 4 is 11.6 Å². The van der Waals surface area contributed by atoms with Crippen LogP contribution in [-0.4, -0.2) is 17.0 Å². The van der Waals surface area contributed by atoms with E-state index in [9.17, 15) is 0 Å². The van der Waals surface area contributed by atoms with Crippen molar-refractivity contribution in [2.45, 2.75) is 33.2 Å². The van der Waals surface area contributed by atoms with E-state index in [1.807, 2.05) is 14.0 Å². The third-order valence-electron chi connectivity index (χ3n) is 3.43. The van der Waals surface area contributed by atoms with Gasteiger partial charge in [0, 0.05) is 19.2 Å². The third-order valence-corrected chi connectivity index (χ3v) is 3.43. The molecule has 1 aromatic heterocycles. The first-order chi connectivity index (χ1) is 9.61. The summed E-state index contributed by atoms with van der Waals surface area (Å²) < 4.78 is 0. The van der Waals surface area contributed by atoms with E-state index in [-0.39, 0.29) is 0 Å². The summed E-state index contributed by atoms with van der Waals surface area (Å²) in [5, 5.41) is 6.42. The van der Waals surface area contributed by atoms with Crippen LogP contribution < -0.4 is 10.6 Å². The summed E-state index contributed by atoms with van der Waals surface area (Å²) in [4.78, 5) is 8.47. The predicted molar refractivity (Wildman–Crippen MR) is 84.2 cm³/mol. The van der Waals surface area contributed by atoms with Gasteiger partial charge in [-0.1, -0.05) is 38.1 Å². The molecule has 0 atom stereocenters. The van der Waals surface area contributed by atoms with Crippen LogP contribution in [0, 0.1) is 6.92 Å². The Balaban J connectivity index is 2.05. The molecule has 4 heteroatoms. The van der Waals surface area contributed by atoms with Crippen LogP contribution in [0.5, 0.6) is 0 Å². The Morgan fingerprint density at radius 1 is 1.05 bits per heavy atom. The van der Waals surface area contributed by atoms with Crippen molar-refractivity contribution in [3.05, 3.63) is 47.3 Å². The smallest absolute Gasteiger partial charge is 0.134 e. The Bertz CT molecular complexity index is 561. The monoisotopic (exact) mass is 270 g/mol. The summed E-state index contributed by atoms with van der Waals surface area (Å²) in [5.74, 6) is 2.30. The van der Waals surface area contributed by atoms with Crippen LogP contribution in [-0.2, 0) is 6.54 Å². The van der Waals surface area contributed by atoms with Gasteiger partial charge >= 0.3 is 0 Å². The molecule has 0 aliphatic rings. The SMILES string of the molecule is CNc1ncnc(NCc2ccc(C(C)C)cc2)c1C. The molecule has 2 rings (SSSR count). The van der Waals surface area contributed by atoms with Gasteiger partial charge in [-0.15, -0.1) is 0 Å². The second kappa shape index (κ2) is 6.37. The van der Waals surface area contributed by atoms with Gasteiger partial charge in [-0.3, -0.25) is 0 Å². The first kappa shape index (κ1) is 14.3. The lowest BCUT2D eigenvalue weighted by Crippen LogP contribution is -2.06. The molecule has 0 spiro atoms. The number of nitrogens with one attached hydrogen (secondary N) is 2. The summed E-state index contributed by atoms with van der Waals surface area (Å²) in [7, 11) is 1.86. The fourth-order valence-corrected chi connectivity index (χ4v) is 2.09. The molecule has 0 radical (unpaired) electrons. The lowest BCUT2D eigenvalue weighted by Gasteiger charge is -2.12. The second-order valence-electron chi connectivity index (χ2n) is 5.20. The molecular weight excluding hydrogens is 248 g/mol. The fraction of sp³-hybridized carbons (Fsp3) is 0.375. The fourth-order valence-electron chi connectivity index (χ4n) is 2.09.